The summed E-state index contributed by atoms with van der Waals surface area (Å²) < 4.78 is 0. The van der Waals surface area contributed by atoms with E-state index in [4.69, 9.17) is 5.73 Å². The Morgan fingerprint density at radius 1 is 1.32 bits per heavy atom. The quantitative estimate of drug-likeness (QED) is 0.736. The van der Waals surface area contributed by atoms with E-state index in [1.165, 1.54) is 23.3 Å². The number of hydrogen-bond acceptors (Lipinski definition) is 6. The van der Waals surface area contributed by atoms with Crippen molar-refractivity contribution in [3.63, 3.8) is 0 Å². The standard InChI is InChI=1S/C18H22N6S/c19-18-15(20-5-6-21-18)9-13-3-1-7-24(11-13)12-14-10-22-23-17(14)16-4-2-8-25-16/h2,4-6,8,10,13H,1,3,7,9,11-12H2,(H2,19,21)(H,22,23)/t13-/m1/s1. The number of nitrogen functional groups attached to an aromatic ring is 1. The molecule has 0 saturated carbocycles. The highest BCUT2D eigenvalue weighted by Crippen LogP contribution is 2.28. The highest BCUT2D eigenvalue weighted by Gasteiger charge is 2.23. The van der Waals surface area contributed by atoms with Crippen LogP contribution < -0.4 is 5.73 Å². The summed E-state index contributed by atoms with van der Waals surface area (Å²) in [4.78, 5) is 12.3. The largest absolute Gasteiger partial charge is 0.382 e. The summed E-state index contributed by atoms with van der Waals surface area (Å²) in [6, 6.07) is 4.21. The van der Waals surface area contributed by atoms with Gasteiger partial charge in [0.15, 0.2) is 0 Å². The zero-order valence-corrected chi connectivity index (χ0v) is 14.9. The molecule has 1 aliphatic heterocycles. The number of likely N-dealkylation sites (tertiary alicyclic amines) is 1. The first kappa shape index (κ1) is 16.2. The Morgan fingerprint density at radius 2 is 2.24 bits per heavy atom. The fourth-order valence-corrected chi connectivity index (χ4v) is 4.33. The first-order valence-corrected chi connectivity index (χ1v) is 9.51. The van der Waals surface area contributed by atoms with Crippen LogP contribution in [0.4, 0.5) is 5.82 Å². The lowest BCUT2D eigenvalue weighted by Gasteiger charge is -2.32. The van der Waals surface area contributed by atoms with Crippen LogP contribution in [0.25, 0.3) is 10.6 Å². The van der Waals surface area contributed by atoms with Crippen molar-refractivity contribution in [2.24, 2.45) is 5.92 Å². The third kappa shape index (κ3) is 3.72. The lowest BCUT2D eigenvalue weighted by atomic mass is 9.93. The molecule has 0 radical (unpaired) electrons. The molecule has 25 heavy (non-hydrogen) atoms. The molecule has 3 aromatic rings. The van der Waals surface area contributed by atoms with E-state index in [0.717, 1.165) is 37.4 Å². The molecule has 3 N–H and O–H groups in total. The highest BCUT2D eigenvalue weighted by atomic mass is 32.1. The minimum Gasteiger partial charge on any atom is -0.382 e. The normalized spacial score (nSPS) is 18.5. The van der Waals surface area contributed by atoms with Gasteiger partial charge in [-0.05, 0) is 43.2 Å². The third-order valence-corrected chi connectivity index (χ3v) is 5.66. The maximum absolute atomic E-state index is 5.96. The van der Waals surface area contributed by atoms with E-state index in [1.807, 2.05) is 6.20 Å². The molecule has 1 fully saturated rings. The van der Waals surface area contributed by atoms with Crippen LogP contribution in [-0.2, 0) is 13.0 Å². The number of nitrogens with one attached hydrogen (secondary N) is 1. The maximum atomic E-state index is 5.96. The van der Waals surface area contributed by atoms with E-state index in [9.17, 15) is 0 Å². The molecule has 4 rings (SSSR count). The van der Waals surface area contributed by atoms with Gasteiger partial charge < -0.3 is 5.73 Å². The fraction of sp³-hybridized carbons (Fsp3) is 0.389. The molecule has 0 aliphatic carbocycles. The third-order valence-electron chi connectivity index (χ3n) is 4.77. The van der Waals surface area contributed by atoms with Crippen LogP contribution in [0, 0.1) is 5.92 Å². The van der Waals surface area contributed by atoms with Crippen molar-refractivity contribution in [2.45, 2.75) is 25.8 Å². The second kappa shape index (κ2) is 7.33. The number of nitrogens with two attached hydrogens (primary N) is 1. The summed E-state index contributed by atoms with van der Waals surface area (Å²) in [5.41, 5.74) is 9.30. The Kier molecular flexibility index (Phi) is 4.76. The molecule has 4 heterocycles. The first-order chi connectivity index (χ1) is 12.3. The molecular weight excluding hydrogens is 332 g/mol. The van der Waals surface area contributed by atoms with E-state index in [1.54, 1.807) is 23.7 Å². The van der Waals surface area contributed by atoms with E-state index in [2.05, 4.69) is 42.6 Å². The lowest BCUT2D eigenvalue weighted by molar-refractivity contribution is 0.166. The van der Waals surface area contributed by atoms with Crippen molar-refractivity contribution in [1.29, 1.82) is 0 Å². The summed E-state index contributed by atoms with van der Waals surface area (Å²) in [5.74, 6) is 1.14. The van der Waals surface area contributed by atoms with Crippen molar-refractivity contribution in [2.75, 3.05) is 18.8 Å². The van der Waals surface area contributed by atoms with E-state index in [-0.39, 0.29) is 0 Å². The summed E-state index contributed by atoms with van der Waals surface area (Å²) >= 11 is 1.74. The van der Waals surface area contributed by atoms with Gasteiger partial charge in [0.2, 0.25) is 0 Å². The van der Waals surface area contributed by atoms with Crippen LogP contribution in [0.2, 0.25) is 0 Å². The van der Waals surface area contributed by atoms with Crippen LogP contribution in [0.15, 0.2) is 36.1 Å². The molecule has 0 amide bonds. The Balaban J connectivity index is 1.42. The van der Waals surface area contributed by atoms with Crippen LogP contribution >= 0.6 is 11.3 Å². The number of rotatable bonds is 5. The smallest absolute Gasteiger partial charge is 0.145 e. The number of hydrogen-bond donors (Lipinski definition) is 2. The number of aromatic nitrogens is 4. The number of H-pyrrole nitrogens is 1. The van der Waals surface area contributed by atoms with Crippen LogP contribution in [0.1, 0.15) is 24.1 Å². The summed E-state index contributed by atoms with van der Waals surface area (Å²) in [7, 11) is 0. The Morgan fingerprint density at radius 3 is 3.08 bits per heavy atom. The van der Waals surface area contributed by atoms with E-state index in [0.29, 0.717) is 11.7 Å². The molecule has 1 atom stereocenters. The maximum Gasteiger partial charge on any atom is 0.145 e. The Bertz CT molecular complexity index is 813. The predicted octanol–water partition coefficient (Wildman–Crippen LogP) is 2.97. The number of piperidine rings is 1. The second-order valence-electron chi connectivity index (χ2n) is 6.58. The average molecular weight is 354 g/mol. The Hall–Kier alpha value is -2.25. The van der Waals surface area contributed by atoms with Crippen molar-refractivity contribution >= 4 is 17.2 Å². The molecular formula is C18H22N6S. The number of aromatic amines is 1. The summed E-state index contributed by atoms with van der Waals surface area (Å²) in [6.45, 7) is 3.11. The van der Waals surface area contributed by atoms with Crippen molar-refractivity contribution in [1.82, 2.24) is 25.1 Å². The zero-order chi connectivity index (χ0) is 17.1. The van der Waals surface area contributed by atoms with E-state index < -0.39 is 0 Å². The van der Waals surface area contributed by atoms with Gasteiger partial charge in [-0.15, -0.1) is 11.3 Å². The number of anilines is 1. The minimum absolute atomic E-state index is 0.564. The highest BCUT2D eigenvalue weighted by molar-refractivity contribution is 7.13. The molecule has 1 aliphatic rings. The fourth-order valence-electron chi connectivity index (χ4n) is 3.58. The predicted molar refractivity (Wildman–Crippen MR) is 100 cm³/mol. The average Bonchev–Trinajstić information content (AvgIpc) is 3.28. The zero-order valence-electron chi connectivity index (χ0n) is 14.1. The van der Waals surface area contributed by atoms with Gasteiger partial charge in [-0.3, -0.25) is 15.0 Å². The minimum atomic E-state index is 0.564. The molecule has 7 heteroatoms. The molecule has 0 aromatic carbocycles. The van der Waals surface area contributed by atoms with Crippen LogP contribution in [0.3, 0.4) is 0 Å². The van der Waals surface area contributed by atoms with Gasteiger partial charge in [0, 0.05) is 31.0 Å². The number of thiophene rings is 1. The van der Waals surface area contributed by atoms with Gasteiger partial charge in [0.1, 0.15) is 5.82 Å². The SMILES string of the molecule is Nc1nccnc1C[C@H]1CCCN(Cc2cn[nH]c2-c2cccs2)C1. The van der Waals surface area contributed by atoms with Crippen molar-refractivity contribution in [3.05, 3.63) is 47.4 Å². The van der Waals surface area contributed by atoms with Gasteiger partial charge >= 0.3 is 0 Å². The van der Waals surface area contributed by atoms with Crippen LogP contribution in [0.5, 0.6) is 0 Å². The molecule has 0 spiro atoms. The van der Waals surface area contributed by atoms with Gasteiger partial charge in [-0.1, -0.05) is 6.07 Å². The molecule has 3 aromatic heterocycles. The van der Waals surface area contributed by atoms with Gasteiger partial charge in [-0.25, -0.2) is 4.98 Å². The monoisotopic (exact) mass is 354 g/mol. The van der Waals surface area contributed by atoms with Gasteiger partial charge in [-0.2, -0.15) is 5.10 Å². The van der Waals surface area contributed by atoms with Gasteiger partial charge in [0.05, 0.1) is 22.5 Å². The summed E-state index contributed by atoms with van der Waals surface area (Å²) in [6.07, 6.45) is 8.66. The van der Waals surface area contributed by atoms with Gasteiger partial charge in [0.25, 0.3) is 0 Å². The molecule has 130 valence electrons. The van der Waals surface area contributed by atoms with Crippen molar-refractivity contribution in [3.8, 4) is 10.6 Å². The topological polar surface area (TPSA) is 83.7 Å². The lowest BCUT2D eigenvalue weighted by Crippen LogP contribution is -2.36. The van der Waals surface area contributed by atoms with E-state index >= 15 is 0 Å². The molecule has 6 nitrogen and oxygen atoms in total. The summed E-state index contributed by atoms with van der Waals surface area (Å²) in [5, 5.41) is 9.52. The molecule has 0 unspecified atom stereocenters. The Labute approximate surface area is 151 Å². The number of nitrogens with zero attached hydrogens (tertiary/aromatic N) is 4. The van der Waals surface area contributed by atoms with Crippen molar-refractivity contribution < 1.29 is 0 Å². The first-order valence-electron chi connectivity index (χ1n) is 8.63. The van der Waals surface area contributed by atoms with Crippen LogP contribution in [-0.4, -0.2) is 38.2 Å². The molecule has 0 bridgehead atoms. The molecule has 1 saturated heterocycles. The second-order valence-corrected chi connectivity index (χ2v) is 7.53.